The van der Waals surface area contributed by atoms with E-state index in [-0.39, 0.29) is 5.91 Å². The third-order valence-corrected chi connectivity index (χ3v) is 4.94. The fourth-order valence-electron chi connectivity index (χ4n) is 3.49. The van der Waals surface area contributed by atoms with Crippen LogP contribution in [0.4, 0.5) is 0 Å². The maximum Gasteiger partial charge on any atom is 0.252 e. The zero-order valence-corrected chi connectivity index (χ0v) is 16.1. The lowest BCUT2D eigenvalue weighted by Crippen LogP contribution is -2.29. The van der Waals surface area contributed by atoms with Gasteiger partial charge in [0.2, 0.25) is 0 Å². The van der Waals surface area contributed by atoms with Crippen molar-refractivity contribution in [2.45, 2.75) is 33.2 Å². The van der Waals surface area contributed by atoms with Gasteiger partial charge in [0.15, 0.2) is 0 Å². The molecule has 1 N–H and O–H groups in total. The number of aryl methyl sites for hydroxylation is 2. The minimum absolute atomic E-state index is 0.192. The number of hydrogen-bond acceptors (Lipinski definition) is 4. The van der Waals surface area contributed by atoms with Crippen molar-refractivity contribution in [3.8, 4) is 11.5 Å². The first kappa shape index (κ1) is 18.0. The first-order valence-corrected chi connectivity index (χ1v) is 9.32. The van der Waals surface area contributed by atoms with Crippen molar-refractivity contribution in [3.05, 3.63) is 77.1 Å². The Hall–Kier alpha value is -3.41. The molecule has 0 aliphatic carbocycles. The molecule has 4 rings (SSSR count). The lowest BCUT2D eigenvalue weighted by Gasteiger charge is -2.26. The van der Waals surface area contributed by atoms with Crippen LogP contribution < -0.4 is 10.2 Å². The number of hydrazone groups is 1. The molecule has 0 saturated heterocycles. The van der Waals surface area contributed by atoms with E-state index in [1.165, 1.54) is 0 Å². The number of benzene rings is 2. The Bertz CT molecular complexity index is 1020. The molecule has 1 aliphatic heterocycles. The highest BCUT2D eigenvalue weighted by atomic mass is 16.5. The molecule has 0 unspecified atom stereocenters. The average molecular weight is 374 g/mol. The zero-order chi connectivity index (χ0) is 19.7. The van der Waals surface area contributed by atoms with Gasteiger partial charge in [0.1, 0.15) is 11.5 Å². The van der Waals surface area contributed by atoms with Gasteiger partial charge in [-0.2, -0.15) is 10.2 Å². The fraction of sp³-hybridized carbons (Fsp3) is 0.227. The Morgan fingerprint density at radius 3 is 2.32 bits per heavy atom. The fourth-order valence-corrected chi connectivity index (χ4v) is 3.49. The monoisotopic (exact) mass is 374 g/mol. The molecular weight excluding hydrogens is 352 g/mol. The number of carbonyl (C=O) groups is 1. The highest BCUT2D eigenvalue weighted by Crippen LogP contribution is 2.43. The number of amides is 1. The van der Waals surface area contributed by atoms with Crippen LogP contribution in [-0.2, 0) is 11.3 Å². The van der Waals surface area contributed by atoms with E-state index in [4.69, 9.17) is 4.74 Å². The molecule has 1 amide bonds. The Kier molecular flexibility index (Phi) is 4.69. The van der Waals surface area contributed by atoms with Crippen molar-refractivity contribution >= 4 is 11.6 Å². The Morgan fingerprint density at radius 2 is 1.75 bits per heavy atom. The number of nitrogens with one attached hydrogen (secondary N) is 1. The predicted octanol–water partition coefficient (Wildman–Crippen LogP) is 3.99. The maximum atomic E-state index is 13.1. The summed E-state index contributed by atoms with van der Waals surface area (Å²) in [6, 6.07) is 15.2. The summed E-state index contributed by atoms with van der Waals surface area (Å²) in [5.74, 6) is 0.726. The summed E-state index contributed by atoms with van der Waals surface area (Å²) in [5.41, 5.74) is 6.95. The van der Waals surface area contributed by atoms with E-state index >= 15 is 0 Å². The third kappa shape index (κ3) is 3.17. The molecule has 1 aliphatic rings. The van der Waals surface area contributed by atoms with Gasteiger partial charge in [-0.1, -0.05) is 36.4 Å². The molecule has 142 valence electrons. The summed E-state index contributed by atoms with van der Waals surface area (Å²) in [4.78, 5) is 13.1. The van der Waals surface area contributed by atoms with Gasteiger partial charge in [-0.3, -0.25) is 9.48 Å². The molecule has 3 aromatic rings. The van der Waals surface area contributed by atoms with Crippen LogP contribution in [0.2, 0.25) is 0 Å². The first-order valence-electron chi connectivity index (χ1n) is 9.32. The van der Waals surface area contributed by atoms with Crippen LogP contribution >= 0.6 is 0 Å². The third-order valence-electron chi connectivity index (χ3n) is 4.94. The van der Waals surface area contributed by atoms with Crippen molar-refractivity contribution in [2.24, 2.45) is 5.10 Å². The Balaban J connectivity index is 1.64. The summed E-state index contributed by atoms with van der Waals surface area (Å²) in [6.07, 6.45) is 1.94. The summed E-state index contributed by atoms with van der Waals surface area (Å²) in [7, 11) is 0. The zero-order valence-electron chi connectivity index (χ0n) is 16.1. The second kappa shape index (κ2) is 7.31. The van der Waals surface area contributed by atoms with Gasteiger partial charge in [0.25, 0.3) is 5.91 Å². The maximum absolute atomic E-state index is 13.1. The van der Waals surface area contributed by atoms with Crippen molar-refractivity contribution in [1.29, 1.82) is 0 Å². The molecule has 6 nitrogen and oxygen atoms in total. The van der Waals surface area contributed by atoms with Crippen LogP contribution in [0, 0.1) is 6.92 Å². The highest BCUT2D eigenvalue weighted by Gasteiger charge is 2.32. The summed E-state index contributed by atoms with van der Waals surface area (Å²) >= 11 is 0. The average Bonchev–Trinajstić information content (AvgIpc) is 3.10. The van der Waals surface area contributed by atoms with Crippen LogP contribution in [0.5, 0.6) is 11.5 Å². The minimum Gasteiger partial charge on any atom is -0.457 e. The number of nitrogens with zero attached hydrogens (tertiary/aromatic N) is 3. The highest BCUT2D eigenvalue weighted by molar-refractivity contribution is 6.00. The quantitative estimate of drug-likeness (QED) is 0.555. The van der Waals surface area contributed by atoms with E-state index < -0.39 is 5.92 Å². The first-order chi connectivity index (χ1) is 13.6. The molecule has 28 heavy (non-hydrogen) atoms. The standard InChI is InChI=1S/C22H22N4O2/c1-4-26-13-18(15(3)25-26)14(2)23-24-22(27)21-16-9-5-7-11-19(16)28-20-12-8-6-10-17(20)21/h5-13,21H,4H2,1-3H3,(H,24,27). The largest absolute Gasteiger partial charge is 0.457 e. The van der Waals surface area contributed by atoms with E-state index in [9.17, 15) is 4.79 Å². The number of para-hydroxylation sites is 2. The number of rotatable bonds is 4. The molecule has 1 aromatic heterocycles. The van der Waals surface area contributed by atoms with Crippen molar-refractivity contribution in [2.75, 3.05) is 0 Å². The second-order valence-electron chi connectivity index (χ2n) is 6.77. The minimum atomic E-state index is -0.475. The SMILES string of the molecule is CCn1cc(C(C)=NNC(=O)C2c3ccccc3Oc3ccccc32)c(C)n1. The van der Waals surface area contributed by atoms with E-state index in [1.54, 1.807) is 0 Å². The van der Waals surface area contributed by atoms with Gasteiger partial charge in [-0.15, -0.1) is 0 Å². The van der Waals surface area contributed by atoms with E-state index in [1.807, 2.05) is 80.2 Å². The van der Waals surface area contributed by atoms with Gasteiger partial charge in [0.05, 0.1) is 17.3 Å². The van der Waals surface area contributed by atoms with Gasteiger partial charge in [-0.25, -0.2) is 5.43 Å². The number of carbonyl (C=O) groups excluding carboxylic acids is 1. The van der Waals surface area contributed by atoms with Crippen LogP contribution in [0.15, 0.2) is 59.8 Å². The van der Waals surface area contributed by atoms with Gasteiger partial charge >= 0.3 is 0 Å². The number of aromatic nitrogens is 2. The molecule has 2 heterocycles. The molecule has 0 bridgehead atoms. The molecular formula is C22H22N4O2. The Labute approximate surface area is 163 Å². The molecule has 0 fully saturated rings. The predicted molar refractivity (Wildman–Crippen MR) is 108 cm³/mol. The second-order valence-corrected chi connectivity index (χ2v) is 6.77. The van der Waals surface area contributed by atoms with Crippen LogP contribution in [0.3, 0.4) is 0 Å². The van der Waals surface area contributed by atoms with E-state index in [2.05, 4.69) is 15.6 Å². The number of ether oxygens (including phenoxy) is 1. The summed E-state index contributed by atoms with van der Waals surface area (Å²) in [5, 5.41) is 8.78. The molecule has 6 heteroatoms. The lowest BCUT2D eigenvalue weighted by molar-refractivity contribution is -0.121. The van der Waals surface area contributed by atoms with Crippen molar-refractivity contribution < 1.29 is 9.53 Å². The van der Waals surface area contributed by atoms with Gasteiger partial charge in [-0.05, 0) is 32.9 Å². The van der Waals surface area contributed by atoms with Crippen molar-refractivity contribution in [1.82, 2.24) is 15.2 Å². The van der Waals surface area contributed by atoms with Crippen LogP contribution in [0.1, 0.15) is 42.1 Å². The van der Waals surface area contributed by atoms with Crippen LogP contribution in [-0.4, -0.2) is 21.4 Å². The van der Waals surface area contributed by atoms with Gasteiger partial charge < -0.3 is 4.74 Å². The number of fused-ring (bicyclic) bond motifs is 2. The topological polar surface area (TPSA) is 68.5 Å². The number of hydrogen-bond donors (Lipinski definition) is 1. The molecule has 0 spiro atoms. The molecule has 2 aromatic carbocycles. The Morgan fingerprint density at radius 1 is 1.14 bits per heavy atom. The molecule has 0 saturated carbocycles. The molecule has 0 atom stereocenters. The van der Waals surface area contributed by atoms with Crippen LogP contribution in [0.25, 0.3) is 0 Å². The smallest absolute Gasteiger partial charge is 0.252 e. The summed E-state index contributed by atoms with van der Waals surface area (Å²) in [6.45, 7) is 6.63. The van der Waals surface area contributed by atoms with Crippen molar-refractivity contribution in [3.63, 3.8) is 0 Å². The lowest BCUT2D eigenvalue weighted by atomic mass is 9.87. The normalized spacial score (nSPS) is 13.5. The summed E-state index contributed by atoms with van der Waals surface area (Å²) < 4.78 is 7.81. The van der Waals surface area contributed by atoms with E-state index in [0.29, 0.717) is 11.5 Å². The van der Waals surface area contributed by atoms with Gasteiger partial charge in [0, 0.05) is 29.4 Å². The molecule has 0 radical (unpaired) electrons. The van der Waals surface area contributed by atoms with E-state index in [0.717, 1.165) is 34.6 Å².